The van der Waals surface area contributed by atoms with Crippen LogP contribution in [0.1, 0.15) is 70.4 Å². The summed E-state index contributed by atoms with van der Waals surface area (Å²) >= 11 is 0. The van der Waals surface area contributed by atoms with Crippen molar-refractivity contribution in [2.24, 2.45) is 11.8 Å². The Balaban J connectivity index is 1.94. The third-order valence-corrected chi connectivity index (χ3v) is 6.38. The smallest absolute Gasteiger partial charge is 0.124 e. The molecule has 2 heteroatoms. The van der Waals surface area contributed by atoms with E-state index >= 15 is 0 Å². The lowest BCUT2D eigenvalue weighted by molar-refractivity contribution is -0.113. The highest BCUT2D eigenvalue weighted by Gasteiger charge is 2.48. The van der Waals surface area contributed by atoms with Crippen molar-refractivity contribution < 1.29 is 9.53 Å². The van der Waals surface area contributed by atoms with Gasteiger partial charge in [-0.2, -0.15) is 0 Å². The molecule has 2 nitrogen and oxygen atoms in total. The molecule has 3 rings (SSSR count). The summed E-state index contributed by atoms with van der Waals surface area (Å²) < 4.78 is 6.17. The van der Waals surface area contributed by atoms with E-state index in [1.165, 1.54) is 47.8 Å². The molecule has 0 bridgehead atoms. The lowest BCUT2D eigenvalue weighted by atomic mass is 9.67. The van der Waals surface area contributed by atoms with E-state index in [-0.39, 0.29) is 11.3 Å². The van der Waals surface area contributed by atoms with Crippen LogP contribution in [0.2, 0.25) is 0 Å². The predicted octanol–water partition coefficient (Wildman–Crippen LogP) is 6.80. The summed E-state index contributed by atoms with van der Waals surface area (Å²) in [5.74, 6) is 0.683. The first-order valence-corrected chi connectivity index (χ1v) is 11.4. The summed E-state index contributed by atoms with van der Waals surface area (Å²) in [5.41, 5.74) is 4.67. The number of unbranched alkanes of at least 4 members (excludes halogenated alkanes) is 2. The first kappa shape index (κ1) is 21.8. The largest absolute Gasteiger partial charge is 0.380 e. The molecule has 0 heterocycles. The molecule has 0 spiro atoms. The van der Waals surface area contributed by atoms with Crippen LogP contribution in [0.5, 0.6) is 0 Å². The molecule has 0 amide bonds. The van der Waals surface area contributed by atoms with E-state index < -0.39 is 0 Å². The lowest BCUT2D eigenvalue weighted by Crippen LogP contribution is -2.40. The number of carbonyl (C=O) groups excluding carboxylic acids is 1. The van der Waals surface area contributed by atoms with Crippen LogP contribution in [0.25, 0.3) is 11.1 Å². The van der Waals surface area contributed by atoms with Gasteiger partial charge in [-0.3, -0.25) is 0 Å². The number of carbonyl (C=O) groups is 1. The van der Waals surface area contributed by atoms with Gasteiger partial charge in [-0.05, 0) is 41.0 Å². The van der Waals surface area contributed by atoms with Crippen molar-refractivity contribution >= 4 is 6.29 Å². The highest BCUT2D eigenvalue weighted by Crippen LogP contribution is 2.53. The van der Waals surface area contributed by atoms with Crippen LogP contribution in [0.3, 0.4) is 0 Å². The normalized spacial score (nSPS) is 15.2. The second-order valence-electron chi connectivity index (χ2n) is 8.89. The quantitative estimate of drug-likeness (QED) is 0.293. The van der Waals surface area contributed by atoms with Gasteiger partial charge in [-0.15, -0.1) is 0 Å². The number of aldehydes is 1. The zero-order valence-corrected chi connectivity index (χ0v) is 18.3. The van der Waals surface area contributed by atoms with Crippen LogP contribution in [0, 0.1) is 11.8 Å². The molecule has 0 fully saturated rings. The molecular weight excluding hydrogens is 356 g/mol. The van der Waals surface area contributed by atoms with Gasteiger partial charge in [0.25, 0.3) is 0 Å². The van der Waals surface area contributed by atoms with Crippen LogP contribution in [-0.4, -0.2) is 19.5 Å². The van der Waals surface area contributed by atoms with E-state index in [1.807, 2.05) is 0 Å². The minimum Gasteiger partial charge on any atom is -0.380 e. The van der Waals surface area contributed by atoms with Gasteiger partial charge in [0.1, 0.15) is 6.29 Å². The Labute approximate surface area is 176 Å². The number of rotatable bonds is 12. The van der Waals surface area contributed by atoms with E-state index in [9.17, 15) is 4.79 Å². The maximum Gasteiger partial charge on any atom is 0.124 e. The third kappa shape index (κ3) is 4.48. The molecule has 29 heavy (non-hydrogen) atoms. The van der Waals surface area contributed by atoms with Gasteiger partial charge >= 0.3 is 0 Å². The van der Waals surface area contributed by atoms with Gasteiger partial charge in [0.05, 0.1) is 12.0 Å². The standard InChI is InChI=1S/C27H36O2/c1-4-18-29-20-27(22(19-28)13-7-5-6-12-21(2)3)25-16-10-8-14-23(25)24-15-9-11-17-26(24)27/h8-11,14-17,19,21-22H,4-7,12-13,18,20H2,1-3H3. The summed E-state index contributed by atoms with van der Waals surface area (Å²) in [5, 5.41) is 0. The van der Waals surface area contributed by atoms with Crippen LogP contribution >= 0.6 is 0 Å². The highest BCUT2D eigenvalue weighted by molar-refractivity contribution is 5.83. The summed E-state index contributed by atoms with van der Waals surface area (Å²) in [6.07, 6.45) is 7.91. The average molecular weight is 393 g/mol. The number of fused-ring (bicyclic) bond motifs is 3. The molecule has 0 aromatic heterocycles. The number of ether oxygens (including phenoxy) is 1. The first-order chi connectivity index (χ1) is 14.1. The zero-order valence-electron chi connectivity index (χ0n) is 18.3. The fraction of sp³-hybridized carbons (Fsp3) is 0.519. The molecule has 0 N–H and O–H groups in total. The molecule has 1 aliphatic carbocycles. The van der Waals surface area contributed by atoms with E-state index in [0.29, 0.717) is 6.61 Å². The Hall–Kier alpha value is -1.93. The Morgan fingerprint density at radius 2 is 1.48 bits per heavy atom. The summed E-state index contributed by atoms with van der Waals surface area (Å²) in [6.45, 7) is 7.99. The van der Waals surface area contributed by atoms with Crippen LogP contribution in [0.15, 0.2) is 48.5 Å². The van der Waals surface area contributed by atoms with Crippen molar-refractivity contribution in [3.8, 4) is 11.1 Å². The monoisotopic (exact) mass is 392 g/mol. The summed E-state index contributed by atoms with van der Waals surface area (Å²) in [6, 6.07) is 17.2. The summed E-state index contributed by atoms with van der Waals surface area (Å²) in [7, 11) is 0. The number of hydrogen-bond acceptors (Lipinski definition) is 2. The van der Waals surface area contributed by atoms with E-state index in [1.54, 1.807) is 0 Å². The second kappa shape index (κ2) is 10.2. The SMILES string of the molecule is CCCOCC1(C(C=O)CCCCCC(C)C)c2ccccc2-c2ccccc21. The molecule has 1 aliphatic rings. The molecule has 0 radical (unpaired) electrons. The Morgan fingerprint density at radius 3 is 2.03 bits per heavy atom. The van der Waals surface area contributed by atoms with E-state index in [4.69, 9.17) is 4.74 Å². The van der Waals surface area contributed by atoms with Crippen LogP contribution < -0.4 is 0 Å². The van der Waals surface area contributed by atoms with Gasteiger partial charge in [0.2, 0.25) is 0 Å². The topological polar surface area (TPSA) is 26.3 Å². The minimum atomic E-state index is -0.373. The van der Waals surface area contributed by atoms with Crippen molar-refractivity contribution in [3.63, 3.8) is 0 Å². The maximum atomic E-state index is 12.5. The van der Waals surface area contributed by atoms with Crippen molar-refractivity contribution in [1.29, 1.82) is 0 Å². The van der Waals surface area contributed by atoms with Crippen molar-refractivity contribution in [1.82, 2.24) is 0 Å². The molecule has 1 unspecified atom stereocenters. The minimum absolute atomic E-state index is 0.0665. The second-order valence-corrected chi connectivity index (χ2v) is 8.89. The molecule has 1 atom stereocenters. The average Bonchev–Trinajstić information content (AvgIpc) is 3.02. The van der Waals surface area contributed by atoms with Crippen molar-refractivity contribution in [2.75, 3.05) is 13.2 Å². The lowest BCUT2D eigenvalue weighted by Gasteiger charge is -2.37. The Bertz CT molecular complexity index is 747. The molecule has 0 saturated carbocycles. The van der Waals surface area contributed by atoms with Gasteiger partial charge < -0.3 is 9.53 Å². The zero-order chi connectivity index (χ0) is 20.7. The highest BCUT2D eigenvalue weighted by atomic mass is 16.5. The van der Waals surface area contributed by atoms with Gasteiger partial charge in [-0.25, -0.2) is 0 Å². The third-order valence-electron chi connectivity index (χ3n) is 6.38. The predicted molar refractivity (Wildman–Crippen MR) is 121 cm³/mol. The van der Waals surface area contributed by atoms with Crippen molar-refractivity contribution in [3.05, 3.63) is 59.7 Å². The maximum absolute atomic E-state index is 12.5. The molecule has 2 aromatic rings. The number of hydrogen-bond donors (Lipinski definition) is 0. The van der Waals surface area contributed by atoms with Gasteiger partial charge in [0.15, 0.2) is 0 Å². The Morgan fingerprint density at radius 1 is 0.897 bits per heavy atom. The molecule has 2 aromatic carbocycles. The van der Waals surface area contributed by atoms with Crippen LogP contribution in [0.4, 0.5) is 0 Å². The molecule has 0 aliphatic heterocycles. The first-order valence-electron chi connectivity index (χ1n) is 11.4. The van der Waals surface area contributed by atoms with E-state index in [2.05, 4.69) is 69.3 Å². The molecule has 0 saturated heterocycles. The Kier molecular flexibility index (Phi) is 7.66. The molecule has 156 valence electrons. The summed E-state index contributed by atoms with van der Waals surface area (Å²) in [4.78, 5) is 12.5. The van der Waals surface area contributed by atoms with E-state index in [0.717, 1.165) is 31.8 Å². The number of benzene rings is 2. The molecular formula is C27H36O2. The fourth-order valence-corrected chi connectivity index (χ4v) is 4.92. The van der Waals surface area contributed by atoms with Crippen LogP contribution in [-0.2, 0) is 14.9 Å². The van der Waals surface area contributed by atoms with Gasteiger partial charge in [-0.1, -0.05) is 95.0 Å². The van der Waals surface area contributed by atoms with Crippen molar-refractivity contribution in [2.45, 2.75) is 64.7 Å². The van der Waals surface area contributed by atoms with Gasteiger partial charge in [0, 0.05) is 12.5 Å². The fourth-order valence-electron chi connectivity index (χ4n) is 4.92.